The van der Waals surface area contributed by atoms with Gasteiger partial charge in [0.05, 0.1) is 5.60 Å². The molecule has 0 bridgehead atoms. The zero-order chi connectivity index (χ0) is 12.0. The predicted molar refractivity (Wildman–Crippen MR) is 64.1 cm³/mol. The van der Waals surface area contributed by atoms with Crippen molar-refractivity contribution in [3.63, 3.8) is 0 Å². The number of aliphatic hydroxyl groups is 1. The Bertz CT molecular complexity index is 223. The SMILES string of the molecule is CCCC(C)(O)CNC(=O)CC1CCNC1. The van der Waals surface area contributed by atoms with E-state index in [9.17, 15) is 9.90 Å². The minimum absolute atomic E-state index is 0.0603. The van der Waals surface area contributed by atoms with E-state index in [1.807, 2.05) is 6.92 Å². The maximum Gasteiger partial charge on any atom is 0.220 e. The monoisotopic (exact) mass is 228 g/mol. The lowest BCUT2D eigenvalue weighted by Crippen LogP contribution is -2.41. The van der Waals surface area contributed by atoms with Gasteiger partial charge in [-0.3, -0.25) is 4.79 Å². The van der Waals surface area contributed by atoms with Crippen molar-refractivity contribution in [3.8, 4) is 0 Å². The van der Waals surface area contributed by atoms with Gasteiger partial charge in [-0.05, 0) is 38.8 Å². The van der Waals surface area contributed by atoms with E-state index in [1.165, 1.54) is 0 Å². The Morgan fingerprint density at radius 3 is 2.94 bits per heavy atom. The maximum atomic E-state index is 11.6. The molecule has 1 amide bonds. The number of amides is 1. The summed E-state index contributed by atoms with van der Waals surface area (Å²) >= 11 is 0. The Kier molecular flexibility index (Phi) is 5.22. The van der Waals surface area contributed by atoms with Crippen LogP contribution in [0, 0.1) is 5.92 Å². The summed E-state index contributed by atoms with van der Waals surface area (Å²) in [4.78, 5) is 11.6. The highest BCUT2D eigenvalue weighted by Gasteiger charge is 2.22. The molecule has 94 valence electrons. The maximum absolute atomic E-state index is 11.6. The molecule has 1 fully saturated rings. The number of nitrogens with one attached hydrogen (secondary N) is 2. The predicted octanol–water partition coefficient (Wildman–Crippen LogP) is 0.653. The van der Waals surface area contributed by atoms with Crippen LogP contribution in [0.15, 0.2) is 0 Å². The van der Waals surface area contributed by atoms with Gasteiger partial charge < -0.3 is 15.7 Å². The molecule has 16 heavy (non-hydrogen) atoms. The molecule has 2 atom stereocenters. The molecule has 1 aliphatic rings. The average Bonchev–Trinajstić information content (AvgIpc) is 2.68. The minimum atomic E-state index is -0.766. The zero-order valence-corrected chi connectivity index (χ0v) is 10.4. The third-order valence-electron chi connectivity index (χ3n) is 3.09. The van der Waals surface area contributed by atoms with Crippen LogP contribution in [0.5, 0.6) is 0 Å². The number of carbonyl (C=O) groups is 1. The number of hydrogen-bond acceptors (Lipinski definition) is 3. The summed E-state index contributed by atoms with van der Waals surface area (Å²) in [5, 5.41) is 16.0. The normalized spacial score (nSPS) is 24.1. The largest absolute Gasteiger partial charge is 0.388 e. The van der Waals surface area contributed by atoms with Gasteiger partial charge in [0.2, 0.25) is 5.91 Å². The summed E-state index contributed by atoms with van der Waals surface area (Å²) in [6, 6.07) is 0. The van der Waals surface area contributed by atoms with Crippen LogP contribution in [-0.2, 0) is 4.79 Å². The molecule has 0 radical (unpaired) electrons. The fourth-order valence-electron chi connectivity index (χ4n) is 2.14. The molecule has 0 aromatic rings. The van der Waals surface area contributed by atoms with Crippen molar-refractivity contribution in [3.05, 3.63) is 0 Å². The van der Waals surface area contributed by atoms with Gasteiger partial charge in [0.15, 0.2) is 0 Å². The second-order valence-electron chi connectivity index (χ2n) is 5.09. The van der Waals surface area contributed by atoms with Crippen molar-refractivity contribution in [2.45, 2.75) is 45.1 Å². The molecule has 4 nitrogen and oxygen atoms in total. The van der Waals surface area contributed by atoms with Crippen molar-refractivity contribution in [1.29, 1.82) is 0 Å². The Morgan fingerprint density at radius 2 is 2.38 bits per heavy atom. The summed E-state index contributed by atoms with van der Waals surface area (Å²) in [6.45, 7) is 6.12. The highest BCUT2D eigenvalue weighted by Crippen LogP contribution is 2.13. The zero-order valence-electron chi connectivity index (χ0n) is 10.4. The van der Waals surface area contributed by atoms with E-state index in [0.717, 1.165) is 32.4 Å². The van der Waals surface area contributed by atoms with Gasteiger partial charge >= 0.3 is 0 Å². The van der Waals surface area contributed by atoms with Crippen molar-refractivity contribution in [2.75, 3.05) is 19.6 Å². The fourth-order valence-corrected chi connectivity index (χ4v) is 2.14. The summed E-state index contributed by atoms with van der Waals surface area (Å²) in [5.74, 6) is 0.529. The third kappa shape index (κ3) is 4.94. The van der Waals surface area contributed by atoms with Crippen molar-refractivity contribution in [2.24, 2.45) is 5.92 Å². The van der Waals surface area contributed by atoms with Crippen LogP contribution < -0.4 is 10.6 Å². The topological polar surface area (TPSA) is 61.4 Å². The third-order valence-corrected chi connectivity index (χ3v) is 3.09. The van der Waals surface area contributed by atoms with Crippen molar-refractivity contribution >= 4 is 5.91 Å². The molecule has 1 rings (SSSR count). The molecule has 1 saturated heterocycles. The first-order valence-electron chi connectivity index (χ1n) is 6.23. The van der Waals surface area contributed by atoms with Gasteiger partial charge in [-0.2, -0.15) is 0 Å². The first kappa shape index (κ1) is 13.5. The molecular weight excluding hydrogens is 204 g/mol. The van der Waals surface area contributed by atoms with Gasteiger partial charge in [-0.15, -0.1) is 0 Å². The van der Waals surface area contributed by atoms with Gasteiger partial charge in [-0.1, -0.05) is 13.3 Å². The van der Waals surface area contributed by atoms with Crippen LogP contribution in [0.3, 0.4) is 0 Å². The smallest absolute Gasteiger partial charge is 0.220 e. The molecule has 0 spiro atoms. The molecule has 0 aromatic carbocycles. The molecule has 3 N–H and O–H groups in total. The van der Waals surface area contributed by atoms with Crippen LogP contribution in [0.4, 0.5) is 0 Å². The van der Waals surface area contributed by atoms with Crippen molar-refractivity contribution < 1.29 is 9.90 Å². The number of rotatable bonds is 6. The molecule has 1 heterocycles. The molecule has 1 aliphatic heterocycles. The van der Waals surface area contributed by atoms with E-state index in [-0.39, 0.29) is 5.91 Å². The number of carbonyl (C=O) groups excluding carboxylic acids is 1. The Balaban J connectivity index is 2.18. The molecule has 2 unspecified atom stereocenters. The average molecular weight is 228 g/mol. The van der Waals surface area contributed by atoms with E-state index in [1.54, 1.807) is 6.92 Å². The van der Waals surface area contributed by atoms with Crippen molar-refractivity contribution in [1.82, 2.24) is 10.6 Å². The summed E-state index contributed by atoms with van der Waals surface area (Å²) in [7, 11) is 0. The van der Waals surface area contributed by atoms with Crippen LogP contribution in [0.2, 0.25) is 0 Å². The molecular formula is C12H24N2O2. The van der Waals surface area contributed by atoms with Crippen LogP contribution >= 0.6 is 0 Å². The second-order valence-corrected chi connectivity index (χ2v) is 5.09. The second kappa shape index (κ2) is 6.21. The Morgan fingerprint density at radius 1 is 1.62 bits per heavy atom. The molecule has 4 heteroatoms. The Labute approximate surface area is 97.8 Å². The van der Waals surface area contributed by atoms with Crippen LogP contribution in [-0.4, -0.2) is 36.2 Å². The summed E-state index contributed by atoms with van der Waals surface area (Å²) in [5.41, 5.74) is -0.766. The summed E-state index contributed by atoms with van der Waals surface area (Å²) < 4.78 is 0. The lowest BCUT2D eigenvalue weighted by molar-refractivity contribution is -0.123. The van der Waals surface area contributed by atoms with Gasteiger partial charge in [0.25, 0.3) is 0 Å². The van der Waals surface area contributed by atoms with E-state index < -0.39 is 5.60 Å². The van der Waals surface area contributed by atoms with E-state index in [0.29, 0.717) is 18.9 Å². The van der Waals surface area contributed by atoms with Gasteiger partial charge in [0, 0.05) is 13.0 Å². The Hall–Kier alpha value is -0.610. The minimum Gasteiger partial charge on any atom is -0.388 e. The lowest BCUT2D eigenvalue weighted by Gasteiger charge is -2.23. The highest BCUT2D eigenvalue weighted by atomic mass is 16.3. The van der Waals surface area contributed by atoms with E-state index in [4.69, 9.17) is 0 Å². The number of hydrogen-bond donors (Lipinski definition) is 3. The first-order chi connectivity index (χ1) is 7.53. The van der Waals surface area contributed by atoms with Crippen LogP contribution in [0.25, 0.3) is 0 Å². The molecule has 0 aromatic heterocycles. The lowest BCUT2D eigenvalue weighted by atomic mass is 10.00. The molecule has 0 saturated carbocycles. The fraction of sp³-hybridized carbons (Fsp3) is 0.917. The van der Waals surface area contributed by atoms with E-state index in [2.05, 4.69) is 10.6 Å². The molecule has 0 aliphatic carbocycles. The van der Waals surface area contributed by atoms with E-state index >= 15 is 0 Å². The summed E-state index contributed by atoms with van der Waals surface area (Å²) in [6.07, 6.45) is 3.31. The van der Waals surface area contributed by atoms with Gasteiger partial charge in [0.1, 0.15) is 0 Å². The standard InChI is InChI=1S/C12H24N2O2/c1-3-5-12(2,16)9-14-11(15)7-10-4-6-13-8-10/h10,13,16H,3-9H2,1-2H3,(H,14,15). The first-order valence-corrected chi connectivity index (χ1v) is 6.23. The highest BCUT2D eigenvalue weighted by molar-refractivity contribution is 5.76. The van der Waals surface area contributed by atoms with Gasteiger partial charge in [-0.25, -0.2) is 0 Å². The quantitative estimate of drug-likeness (QED) is 0.625. The van der Waals surface area contributed by atoms with Crippen LogP contribution in [0.1, 0.15) is 39.5 Å².